The molecule has 2 atom stereocenters. The number of piperidine rings is 2. The van der Waals surface area contributed by atoms with Crippen LogP contribution in [0, 0.1) is 11.3 Å². The number of hydrogen-bond acceptors (Lipinski definition) is 11. The van der Waals surface area contributed by atoms with Gasteiger partial charge in [0.15, 0.2) is 0 Å². The van der Waals surface area contributed by atoms with Gasteiger partial charge in [-0.2, -0.15) is 0 Å². The van der Waals surface area contributed by atoms with Gasteiger partial charge < -0.3 is 33.6 Å². The number of imide groups is 1. The van der Waals surface area contributed by atoms with Crippen molar-refractivity contribution in [2.75, 3.05) is 76.4 Å². The molecule has 60 heavy (non-hydrogen) atoms. The molecule has 5 saturated heterocycles. The number of fused-ring (bicyclic) bond motifs is 2. The molecule has 1 unspecified atom stereocenters. The maximum atomic E-state index is 13.4. The van der Waals surface area contributed by atoms with E-state index in [0.29, 0.717) is 41.3 Å². The molecule has 1 spiro atoms. The Morgan fingerprint density at radius 1 is 0.867 bits per heavy atom. The molecule has 0 saturated carbocycles. The van der Waals surface area contributed by atoms with Crippen LogP contribution in [0.3, 0.4) is 0 Å². The predicted molar refractivity (Wildman–Crippen MR) is 229 cm³/mol. The first-order valence-electron chi connectivity index (χ1n) is 21.5. The monoisotopic (exact) mass is 814 g/mol. The standard InChI is InChI=1S/C46H54N8O6/c1-28-9-12-53(28)41-18-34-35(19-47-41)44(57)49(2)24-36(34)31-15-39(59-3)37(40(16-31)60-4)25-51-21-29(22-51)20-50-13-10-46(11-14-50)26-52(27-46)32-6-5-30-23-54(45(58)33(30)17-32)38-7-8-42(55)48-43(38)56/h5-6,15-19,24,28-29,38H,7-14,20-23,25-27H2,1-4H3,(H,48,55,56)/t28-,38?/m1/s1. The van der Waals surface area contributed by atoms with E-state index in [-0.39, 0.29) is 29.7 Å². The first-order chi connectivity index (χ1) is 29.0. The first-order valence-corrected chi connectivity index (χ1v) is 21.5. The van der Waals surface area contributed by atoms with Crippen molar-refractivity contribution < 1.29 is 23.9 Å². The average Bonchev–Trinajstić information content (AvgIpc) is 3.54. The highest BCUT2D eigenvalue weighted by Crippen LogP contribution is 2.44. The van der Waals surface area contributed by atoms with Gasteiger partial charge >= 0.3 is 0 Å². The third kappa shape index (κ3) is 6.68. The van der Waals surface area contributed by atoms with Gasteiger partial charge in [-0.05, 0) is 93.1 Å². The third-order valence-corrected chi connectivity index (χ3v) is 14.4. The van der Waals surface area contributed by atoms with Crippen molar-refractivity contribution in [3.63, 3.8) is 0 Å². The lowest BCUT2D eigenvalue weighted by molar-refractivity contribution is -0.136. The summed E-state index contributed by atoms with van der Waals surface area (Å²) in [4.78, 5) is 66.8. The predicted octanol–water partition coefficient (Wildman–Crippen LogP) is 4.01. The van der Waals surface area contributed by atoms with Crippen molar-refractivity contribution in [3.8, 4) is 22.6 Å². The zero-order chi connectivity index (χ0) is 41.4. The van der Waals surface area contributed by atoms with Crippen LogP contribution < -0.4 is 30.1 Å². The Labute approximate surface area is 350 Å². The van der Waals surface area contributed by atoms with E-state index in [0.717, 1.165) is 116 Å². The van der Waals surface area contributed by atoms with E-state index in [4.69, 9.17) is 9.47 Å². The van der Waals surface area contributed by atoms with E-state index < -0.39 is 6.04 Å². The fourth-order valence-corrected chi connectivity index (χ4v) is 10.6. The van der Waals surface area contributed by atoms with Crippen molar-refractivity contribution in [3.05, 3.63) is 75.8 Å². The Balaban J connectivity index is 0.737. The molecule has 4 aromatic rings. The van der Waals surface area contributed by atoms with Crippen LogP contribution in [-0.2, 0) is 29.7 Å². The number of nitrogens with one attached hydrogen (secondary N) is 1. The number of nitrogens with zero attached hydrogens (tertiary/aromatic N) is 7. The summed E-state index contributed by atoms with van der Waals surface area (Å²) < 4.78 is 13.7. The minimum atomic E-state index is -0.593. The van der Waals surface area contributed by atoms with Crippen LogP contribution in [-0.4, -0.2) is 121 Å². The Hall–Kier alpha value is -5.47. The topological polar surface area (TPSA) is 133 Å². The molecule has 0 radical (unpaired) electrons. The third-order valence-electron chi connectivity index (χ3n) is 14.4. The number of aryl methyl sites for hydroxylation is 1. The summed E-state index contributed by atoms with van der Waals surface area (Å²) in [5.74, 6) is 2.30. The van der Waals surface area contributed by atoms with Crippen LogP contribution in [0.5, 0.6) is 11.5 Å². The fraction of sp³-hybridized carbons (Fsp3) is 0.500. The highest BCUT2D eigenvalue weighted by atomic mass is 16.5. The number of anilines is 2. The second kappa shape index (κ2) is 14.9. The Kier molecular flexibility index (Phi) is 9.62. The average molecular weight is 815 g/mol. The van der Waals surface area contributed by atoms with Crippen LogP contribution in [0.15, 0.2) is 53.6 Å². The number of aromatic nitrogens is 2. The molecule has 3 amide bonds. The number of carbonyl (C=O) groups excluding carboxylic acids is 3. The van der Waals surface area contributed by atoms with E-state index >= 15 is 0 Å². The van der Waals surface area contributed by atoms with Crippen LogP contribution in [0.2, 0.25) is 0 Å². The lowest BCUT2D eigenvalue weighted by Crippen LogP contribution is -2.61. The quantitative estimate of drug-likeness (QED) is 0.233. The van der Waals surface area contributed by atoms with Crippen LogP contribution in [0.4, 0.5) is 11.5 Å². The lowest BCUT2D eigenvalue weighted by atomic mass is 9.71. The van der Waals surface area contributed by atoms with E-state index in [2.05, 4.69) is 61.1 Å². The zero-order valence-corrected chi connectivity index (χ0v) is 35.0. The minimum Gasteiger partial charge on any atom is -0.496 e. The molecule has 5 fully saturated rings. The lowest BCUT2D eigenvalue weighted by Gasteiger charge is -2.55. The number of hydrogen-bond donors (Lipinski definition) is 1. The molecule has 14 heteroatoms. The molecule has 6 aliphatic heterocycles. The second-order valence-corrected chi connectivity index (χ2v) is 18.2. The molecule has 2 aromatic heterocycles. The summed E-state index contributed by atoms with van der Waals surface area (Å²) in [6.45, 7) is 11.7. The molecule has 0 aliphatic carbocycles. The van der Waals surface area contributed by atoms with Gasteiger partial charge in [-0.3, -0.25) is 29.4 Å². The van der Waals surface area contributed by atoms with Gasteiger partial charge in [-0.1, -0.05) is 6.07 Å². The van der Waals surface area contributed by atoms with Crippen LogP contribution in [0.25, 0.3) is 21.9 Å². The number of benzene rings is 2. The van der Waals surface area contributed by atoms with Crippen molar-refractivity contribution in [1.29, 1.82) is 0 Å². The number of ether oxygens (including phenoxy) is 2. The zero-order valence-electron chi connectivity index (χ0n) is 35.0. The van der Waals surface area contributed by atoms with Gasteiger partial charge in [0, 0.05) is 112 Å². The molecule has 6 aliphatic rings. The largest absolute Gasteiger partial charge is 0.496 e. The van der Waals surface area contributed by atoms with Gasteiger partial charge in [-0.25, -0.2) is 4.98 Å². The summed E-state index contributed by atoms with van der Waals surface area (Å²) in [6, 6.07) is 12.2. The Bertz CT molecular complexity index is 2440. The van der Waals surface area contributed by atoms with Crippen molar-refractivity contribution in [2.45, 2.75) is 64.2 Å². The normalized spacial score (nSPS) is 23.1. The number of pyridine rings is 2. The summed E-state index contributed by atoms with van der Waals surface area (Å²) >= 11 is 0. The summed E-state index contributed by atoms with van der Waals surface area (Å²) in [5.41, 5.74) is 5.84. The van der Waals surface area contributed by atoms with Crippen molar-refractivity contribution >= 4 is 40.0 Å². The SMILES string of the molecule is COc1cc(-c2cn(C)c(=O)c3cnc(N4CC[C@H]4C)cc23)cc(OC)c1CN1CC(CN2CCC3(CC2)CN(c2ccc4c(c2)C(=O)N(C2CCC(=O)NC2=O)C4)C3)C1. The molecular weight excluding hydrogens is 761 g/mol. The summed E-state index contributed by atoms with van der Waals surface area (Å²) in [6.07, 6.45) is 7.74. The minimum absolute atomic E-state index is 0.0691. The molecule has 10 rings (SSSR count). The molecule has 0 bridgehead atoms. The first kappa shape index (κ1) is 38.7. The number of methoxy groups -OCH3 is 2. The van der Waals surface area contributed by atoms with Gasteiger partial charge in [0.25, 0.3) is 11.5 Å². The highest BCUT2D eigenvalue weighted by Gasteiger charge is 2.46. The van der Waals surface area contributed by atoms with Gasteiger partial charge in [0.1, 0.15) is 23.4 Å². The van der Waals surface area contributed by atoms with Gasteiger partial charge in [0.2, 0.25) is 11.8 Å². The molecule has 14 nitrogen and oxygen atoms in total. The van der Waals surface area contributed by atoms with Crippen molar-refractivity contribution in [2.24, 2.45) is 18.4 Å². The number of likely N-dealkylation sites (tertiary alicyclic amines) is 2. The maximum absolute atomic E-state index is 13.4. The number of rotatable bonds is 10. The maximum Gasteiger partial charge on any atom is 0.259 e. The van der Waals surface area contributed by atoms with Crippen LogP contribution in [0.1, 0.15) is 60.5 Å². The highest BCUT2D eigenvalue weighted by molar-refractivity contribution is 6.05. The van der Waals surface area contributed by atoms with Gasteiger partial charge in [0.05, 0.1) is 25.2 Å². The second-order valence-electron chi connectivity index (χ2n) is 18.2. The van der Waals surface area contributed by atoms with Crippen LogP contribution >= 0.6 is 0 Å². The number of carbonyl (C=O) groups is 3. The Morgan fingerprint density at radius 3 is 2.28 bits per heavy atom. The molecule has 2 aromatic carbocycles. The molecule has 1 N–H and O–H groups in total. The summed E-state index contributed by atoms with van der Waals surface area (Å²) in [5, 5.41) is 3.86. The Morgan fingerprint density at radius 2 is 1.62 bits per heavy atom. The molecular formula is C46H54N8O6. The fourth-order valence-electron chi connectivity index (χ4n) is 10.6. The van der Waals surface area contributed by atoms with E-state index in [1.807, 2.05) is 18.3 Å². The van der Waals surface area contributed by atoms with Gasteiger partial charge in [-0.15, -0.1) is 0 Å². The van der Waals surface area contributed by atoms with E-state index in [1.165, 1.54) is 12.8 Å². The van der Waals surface area contributed by atoms with E-state index in [1.54, 1.807) is 36.9 Å². The number of amides is 3. The molecule has 8 heterocycles. The molecule has 314 valence electrons. The van der Waals surface area contributed by atoms with Crippen molar-refractivity contribution in [1.82, 2.24) is 29.6 Å². The summed E-state index contributed by atoms with van der Waals surface area (Å²) in [7, 11) is 5.21. The smallest absolute Gasteiger partial charge is 0.259 e. The van der Waals surface area contributed by atoms with E-state index in [9.17, 15) is 19.2 Å².